The molecular formula is C11H14BrF3OSi. The van der Waals surface area contributed by atoms with Crippen LogP contribution in [0.25, 0.3) is 0 Å². The Bertz CT molecular complexity index is 399. The van der Waals surface area contributed by atoms with Crippen molar-refractivity contribution in [2.45, 2.75) is 31.1 Å². The molecule has 1 rings (SSSR count). The number of hydrogen-bond donors (Lipinski definition) is 0. The Morgan fingerprint density at radius 1 is 1.18 bits per heavy atom. The molecular weight excluding hydrogens is 313 g/mol. The van der Waals surface area contributed by atoms with Gasteiger partial charge >= 0.3 is 6.18 Å². The van der Waals surface area contributed by atoms with Gasteiger partial charge in [-0.25, -0.2) is 0 Å². The number of benzene rings is 1. The number of rotatable bonds is 3. The Balaban J connectivity index is 3.15. The Labute approximate surface area is 108 Å². The largest absolute Gasteiger partial charge is 0.544 e. The van der Waals surface area contributed by atoms with Crippen molar-refractivity contribution in [2.24, 2.45) is 0 Å². The van der Waals surface area contributed by atoms with Crippen LogP contribution in [0.2, 0.25) is 19.6 Å². The van der Waals surface area contributed by atoms with E-state index in [-0.39, 0.29) is 0 Å². The van der Waals surface area contributed by atoms with Crippen molar-refractivity contribution in [1.29, 1.82) is 0 Å². The second-order valence-corrected chi connectivity index (χ2v) is 9.70. The van der Waals surface area contributed by atoms with E-state index in [2.05, 4.69) is 15.9 Å². The summed E-state index contributed by atoms with van der Waals surface area (Å²) in [6, 6.07) is 3.83. The van der Waals surface area contributed by atoms with E-state index in [9.17, 15) is 13.2 Å². The predicted molar refractivity (Wildman–Crippen MR) is 68.0 cm³/mol. The van der Waals surface area contributed by atoms with Gasteiger partial charge in [-0.15, -0.1) is 0 Å². The van der Waals surface area contributed by atoms with Gasteiger partial charge in [0.05, 0.1) is 5.56 Å². The van der Waals surface area contributed by atoms with E-state index < -0.39 is 20.1 Å². The fraction of sp³-hybridized carbons (Fsp3) is 0.455. The average molecular weight is 327 g/mol. The lowest BCUT2D eigenvalue weighted by Gasteiger charge is -2.21. The Morgan fingerprint density at radius 2 is 1.76 bits per heavy atom. The van der Waals surface area contributed by atoms with E-state index in [0.29, 0.717) is 16.6 Å². The monoisotopic (exact) mass is 326 g/mol. The molecule has 1 aromatic rings. The van der Waals surface area contributed by atoms with E-state index in [1.807, 2.05) is 19.6 Å². The van der Waals surface area contributed by atoms with Crippen LogP contribution in [0.1, 0.15) is 11.1 Å². The standard InChI is InChI=1S/C11H14BrF3OSi/c1-17(2,3)16-10-5-8(7-12)4-9(6-10)11(13,14)15/h4-6H,7H2,1-3H3. The molecule has 0 heterocycles. The van der Waals surface area contributed by atoms with Crippen LogP contribution in [0.5, 0.6) is 5.75 Å². The number of hydrogen-bond acceptors (Lipinski definition) is 1. The topological polar surface area (TPSA) is 9.23 Å². The Morgan fingerprint density at radius 3 is 2.18 bits per heavy atom. The van der Waals surface area contributed by atoms with E-state index in [0.717, 1.165) is 12.1 Å². The maximum absolute atomic E-state index is 12.7. The van der Waals surface area contributed by atoms with E-state index >= 15 is 0 Å². The second-order valence-electron chi connectivity index (χ2n) is 4.71. The number of halogens is 4. The first-order valence-electron chi connectivity index (χ1n) is 5.08. The van der Waals surface area contributed by atoms with Gasteiger partial charge in [0.25, 0.3) is 0 Å². The minimum absolute atomic E-state index is 0.299. The summed E-state index contributed by atoms with van der Waals surface area (Å²) in [5.41, 5.74) is -0.101. The summed E-state index contributed by atoms with van der Waals surface area (Å²) >= 11 is 3.16. The summed E-state index contributed by atoms with van der Waals surface area (Å²) in [4.78, 5) is 0. The maximum Gasteiger partial charge on any atom is 0.416 e. The van der Waals surface area contributed by atoms with Crippen molar-refractivity contribution in [3.8, 4) is 5.75 Å². The molecule has 0 fully saturated rings. The van der Waals surface area contributed by atoms with Gasteiger partial charge in [-0.05, 0) is 43.4 Å². The zero-order valence-electron chi connectivity index (χ0n) is 9.86. The maximum atomic E-state index is 12.7. The molecule has 1 nitrogen and oxygen atoms in total. The molecule has 0 radical (unpaired) electrons. The quantitative estimate of drug-likeness (QED) is 0.572. The van der Waals surface area contributed by atoms with E-state index in [4.69, 9.17) is 4.43 Å². The third-order valence-electron chi connectivity index (χ3n) is 1.87. The van der Waals surface area contributed by atoms with Gasteiger partial charge in [0.1, 0.15) is 5.75 Å². The van der Waals surface area contributed by atoms with E-state index in [1.54, 1.807) is 6.07 Å². The highest BCUT2D eigenvalue weighted by molar-refractivity contribution is 9.08. The lowest BCUT2D eigenvalue weighted by molar-refractivity contribution is -0.137. The highest BCUT2D eigenvalue weighted by Crippen LogP contribution is 2.33. The third kappa shape index (κ3) is 4.71. The minimum atomic E-state index is -4.34. The molecule has 17 heavy (non-hydrogen) atoms. The van der Waals surface area contributed by atoms with Gasteiger partial charge in [-0.3, -0.25) is 0 Å². The summed E-state index contributed by atoms with van der Waals surface area (Å²) in [5, 5.41) is 0.374. The smallest absolute Gasteiger partial charge is 0.416 e. The zero-order valence-corrected chi connectivity index (χ0v) is 12.4. The molecule has 0 atom stereocenters. The molecule has 0 unspecified atom stereocenters. The lowest BCUT2D eigenvalue weighted by atomic mass is 10.1. The highest BCUT2D eigenvalue weighted by atomic mass is 79.9. The van der Waals surface area contributed by atoms with Crippen LogP contribution in [-0.4, -0.2) is 8.32 Å². The van der Waals surface area contributed by atoms with Gasteiger partial charge in [0.15, 0.2) is 0 Å². The van der Waals surface area contributed by atoms with Crippen molar-refractivity contribution in [1.82, 2.24) is 0 Å². The summed E-state index contributed by atoms with van der Waals surface area (Å²) in [6.45, 7) is 5.79. The predicted octanol–water partition coefficient (Wildman–Crippen LogP) is 4.81. The van der Waals surface area contributed by atoms with Crippen molar-refractivity contribution in [2.75, 3.05) is 0 Å². The summed E-state index contributed by atoms with van der Waals surface area (Å²) < 4.78 is 43.6. The van der Waals surface area contributed by atoms with Crippen LogP contribution in [0, 0.1) is 0 Å². The molecule has 96 valence electrons. The lowest BCUT2D eigenvalue weighted by Crippen LogP contribution is -2.29. The van der Waals surface area contributed by atoms with Crippen LogP contribution >= 0.6 is 15.9 Å². The highest BCUT2D eigenvalue weighted by Gasteiger charge is 2.31. The molecule has 0 spiro atoms. The molecule has 0 aromatic heterocycles. The van der Waals surface area contributed by atoms with Crippen LogP contribution in [0.15, 0.2) is 18.2 Å². The van der Waals surface area contributed by atoms with Crippen molar-refractivity contribution in [3.63, 3.8) is 0 Å². The molecule has 0 bridgehead atoms. The normalized spacial score (nSPS) is 12.6. The first kappa shape index (κ1) is 14.6. The average Bonchev–Trinajstić information content (AvgIpc) is 2.13. The fourth-order valence-corrected chi connectivity index (χ4v) is 2.46. The summed E-state index contributed by atoms with van der Waals surface area (Å²) in [7, 11) is -1.90. The first-order valence-corrected chi connectivity index (χ1v) is 9.61. The van der Waals surface area contributed by atoms with Crippen LogP contribution < -0.4 is 4.43 Å². The molecule has 6 heteroatoms. The Kier molecular flexibility index (Phi) is 4.30. The van der Waals surface area contributed by atoms with Crippen molar-refractivity contribution < 1.29 is 17.6 Å². The first-order chi connectivity index (χ1) is 7.62. The fourth-order valence-electron chi connectivity index (χ4n) is 1.31. The van der Waals surface area contributed by atoms with Crippen molar-refractivity contribution in [3.05, 3.63) is 29.3 Å². The second kappa shape index (κ2) is 5.02. The molecule has 0 amide bonds. The summed E-state index contributed by atoms with van der Waals surface area (Å²) in [5.74, 6) is 0.299. The van der Waals surface area contributed by atoms with Gasteiger partial charge in [0, 0.05) is 5.33 Å². The Hall–Kier alpha value is -0.493. The van der Waals surface area contributed by atoms with Gasteiger partial charge in [-0.1, -0.05) is 15.9 Å². The molecule has 0 saturated heterocycles. The minimum Gasteiger partial charge on any atom is -0.544 e. The zero-order chi connectivity index (χ0) is 13.3. The molecule has 0 N–H and O–H groups in total. The van der Waals surface area contributed by atoms with Gasteiger partial charge in [-0.2, -0.15) is 13.2 Å². The van der Waals surface area contributed by atoms with Crippen LogP contribution in [0.4, 0.5) is 13.2 Å². The summed E-state index contributed by atoms with van der Waals surface area (Å²) in [6.07, 6.45) is -4.34. The van der Waals surface area contributed by atoms with Gasteiger partial charge < -0.3 is 4.43 Å². The van der Waals surface area contributed by atoms with Crippen LogP contribution in [0.3, 0.4) is 0 Å². The third-order valence-corrected chi connectivity index (χ3v) is 3.37. The van der Waals surface area contributed by atoms with Crippen LogP contribution in [-0.2, 0) is 11.5 Å². The van der Waals surface area contributed by atoms with Gasteiger partial charge in [0.2, 0.25) is 8.32 Å². The molecule has 1 aromatic carbocycles. The molecule has 0 saturated carbocycles. The molecule has 0 aliphatic carbocycles. The van der Waals surface area contributed by atoms with Crippen molar-refractivity contribution >= 4 is 24.2 Å². The number of alkyl halides is 4. The van der Waals surface area contributed by atoms with E-state index in [1.165, 1.54) is 0 Å². The molecule has 0 aliphatic rings. The molecule has 0 aliphatic heterocycles. The SMILES string of the molecule is C[Si](C)(C)Oc1cc(CBr)cc(C(F)(F)F)c1.